The van der Waals surface area contributed by atoms with Crippen molar-refractivity contribution in [3.8, 4) is 5.75 Å². The molecule has 1 aromatic carbocycles. The van der Waals surface area contributed by atoms with Gasteiger partial charge in [0, 0.05) is 12.4 Å². The fourth-order valence-corrected chi connectivity index (χ4v) is 2.52. The van der Waals surface area contributed by atoms with Crippen molar-refractivity contribution in [3.63, 3.8) is 0 Å². The Hall–Kier alpha value is -3.07. The lowest BCUT2D eigenvalue weighted by atomic mass is 10.1. The van der Waals surface area contributed by atoms with Crippen LogP contribution in [0.2, 0.25) is 0 Å². The van der Waals surface area contributed by atoms with Gasteiger partial charge in [0.2, 0.25) is 0 Å². The Balaban J connectivity index is 1.96. The molecule has 3 rings (SSSR count). The summed E-state index contributed by atoms with van der Waals surface area (Å²) >= 11 is 0. The number of halogens is 3. The van der Waals surface area contributed by atoms with E-state index in [1.165, 1.54) is 24.4 Å². The molecule has 1 amide bonds. The van der Waals surface area contributed by atoms with E-state index in [2.05, 4.69) is 10.3 Å². The predicted octanol–water partition coefficient (Wildman–Crippen LogP) is 2.81. The molecule has 0 saturated heterocycles. The zero-order chi connectivity index (χ0) is 18.9. The van der Waals surface area contributed by atoms with Crippen molar-refractivity contribution in [2.24, 2.45) is 5.73 Å². The molecule has 0 aliphatic heterocycles. The number of imidazole rings is 1. The molecule has 0 aliphatic carbocycles. The molecule has 3 aromatic rings. The number of rotatable bonds is 4. The molecule has 9 heteroatoms. The number of carbonyl (C=O) groups is 1. The van der Waals surface area contributed by atoms with Crippen LogP contribution in [0.3, 0.4) is 0 Å². The second kappa shape index (κ2) is 6.68. The van der Waals surface area contributed by atoms with Gasteiger partial charge in [0.05, 0.1) is 11.3 Å². The first-order valence-corrected chi connectivity index (χ1v) is 7.68. The number of nitrogens with zero attached hydrogens (tertiary/aromatic N) is 2. The fraction of sp³-hybridized carbons (Fsp3) is 0.176. The molecule has 4 N–H and O–H groups in total. The summed E-state index contributed by atoms with van der Waals surface area (Å²) in [6.07, 6.45) is -1.89. The number of phenols is 1. The number of hydrogen-bond acceptors (Lipinski definition) is 4. The number of nitrogens with one attached hydrogen (secondary N) is 1. The number of alkyl halides is 3. The molecule has 26 heavy (non-hydrogen) atoms. The molecule has 136 valence electrons. The Kier molecular flexibility index (Phi) is 4.56. The SMILES string of the molecule is NCCc1ccc(O)c(NC(=O)c2cccn3cc(C(F)(F)F)nc23)c1. The lowest BCUT2D eigenvalue weighted by Gasteiger charge is -2.10. The highest BCUT2D eigenvalue weighted by atomic mass is 19.4. The number of anilines is 1. The van der Waals surface area contributed by atoms with Crippen LogP contribution in [0.1, 0.15) is 21.6 Å². The van der Waals surface area contributed by atoms with Gasteiger partial charge in [-0.2, -0.15) is 13.2 Å². The summed E-state index contributed by atoms with van der Waals surface area (Å²) < 4.78 is 39.7. The average molecular weight is 364 g/mol. The summed E-state index contributed by atoms with van der Waals surface area (Å²) in [6, 6.07) is 7.45. The summed E-state index contributed by atoms with van der Waals surface area (Å²) in [6.45, 7) is 0.395. The van der Waals surface area contributed by atoms with E-state index in [9.17, 15) is 23.1 Å². The fourth-order valence-electron chi connectivity index (χ4n) is 2.52. The molecule has 0 saturated carbocycles. The van der Waals surface area contributed by atoms with Gasteiger partial charge in [-0.05, 0) is 42.8 Å². The van der Waals surface area contributed by atoms with Crippen molar-refractivity contribution in [2.75, 3.05) is 11.9 Å². The van der Waals surface area contributed by atoms with Gasteiger partial charge in [-0.1, -0.05) is 6.07 Å². The van der Waals surface area contributed by atoms with E-state index in [1.807, 2.05) is 0 Å². The van der Waals surface area contributed by atoms with Crippen LogP contribution in [0.25, 0.3) is 5.65 Å². The lowest BCUT2D eigenvalue weighted by Crippen LogP contribution is -2.14. The largest absolute Gasteiger partial charge is 0.506 e. The molecule has 2 heterocycles. The van der Waals surface area contributed by atoms with Crippen molar-refractivity contribution < 1.29 is 23.1 Å². The molecule has 0 bridgehead atoms. The topological polar surface area (TPSA) is 92.6 Å². The second-order valence-corrected chi connectivity index (χ2v) is 5.62. The zero-order valence-electron chi connectivity index (χ0n) is 13.4. The van der Waals surface area contributed by atoms with Gasteiger partial charge in [-0.3, -0.25) is 4.79 Å². The summed E-state index contributed by atoms with van der Waals surface area (Å²) in [5.74, 6) is -0.847. The Bertz CT molecular complexity index is 966. The summed E-state index contributed by atoms with van der Waals surface area (Å²) in [4.78, 5) is 16.0. The standard InChI is InChI=1S/C17H15F3N4O2/c18-17(19,20)14-9-24-7-1-2-11(15(24)23-14)16(26)22-12-8-10(5-6-21)3-4-13(12)25/h1-4,7-9,25H,5-6,21H2,(H,22,26). The molecule has 0 fully saturated rings. The Morgan fingerprint density at radius 2 is 2.08 bits per heavy atom. The quantitative estimate of drug-likeness (QED) is 0.621. The number of benzene rings is 1. The number of phenolic OH excluding ortho intramolecular Hbond substituents is 1. The third-order valence-electron chi connectivity index (χ3n) is 3.76. The van der Waals surface area contributed by atoms with Gasteiger partial charge in [0.25, 0.3) is 5.91 Å². The van der Waals surface area contributed by atoms with Gasteiger partial charge in [0.15, 0.2) is 5.69 Å². The molecule has 6 nitrogen and oxygen atoms in total. The highest BCUT2D eigenvalue weighted by Gasteiger charge is 2.34. The first-order chi connectivity index (χ1) is 12.3. The van der Waals surface area contributed by atoms with Gasteiger partial charge in [0.1, 0.15) is 11.4 Å². The number of amides is 1. The second-order valence-electron chi connectivity index (χ2n) is 5.62. The number of aromatic hydroxyl groups is 1. The highest BCUT2D eigenvalue weighted by molar-refractivity contribution is 6.08. The molecule has 2 aromatic heterocycles. The normalized spacial score (nSPS) is 11.7. The Morgan fingerprint density at radius 1 is 1.31 bits per heavy atom. The van der Waals surface area contributed by atoms with Crippen LogP contribution in [-0.2, 0) is 12.6 Å². The van der Waals surface area contributed by atoms with Crippen LogP contribution in [0.15, 0.2) is 42.7 Å². The summed E-state index contributed by atoms with van der Waals surface area (Å²) in [5.41, 5.74) is 5.17. The Labute approximate surface area is 146 Å². The smallest absolute Gasteiger partial charge is 0.434 e. The molecule has 0 spiro atoms. The molecule has 0 aliphatic rings. The van der Waals surface area contributed by atoms with E-state index in [0.717, 1.165) is 16.2 Å². The first-order valence-electron chi connectivity index (χ1n) is 7.68. The molecule has 0 radical (unpaired) electrons. The number of fused-ring (bicyclic) bond motifs is 1. The van der Waals surface area contributed by atoms with Crippen molar-refractivity contribution >= 4 is 17.2 Å². The molecular weight excluding hydrogens is 349 g/mol. The third-order valence-corrected chi connectivity index (χ3v) is 3.76. The number of aromatic nitrogens is 2. The summed E-state index contributed by atoms with van der Waals surface area (Å²) in [5, 5.41) is 12.4. The van der Waals surface area contributed by atoms with Gasteiger partial charge >= 0.3 is 6.18 Å². The number of nitrogens with two attached hydrogens (primary N) is 1. The van der Waals surface area contributed by atoms with E-state index in [-0.39, 0.29) is 22.6 Å². The summed E-state index contributed by atoms with van der Waals surface area (Å²) in [7, 11) is 0. The zero-order valence-corrected chi connectivity index (χ0v) is 13.4. The van der Waals surface area contributed by atoms with E-state index in [0.29, 0.717) is 13.0 Å². The minimum Gasteiger partial charge on any atom is -0.506 e. The Morgan fingerprint density at radius 3 is 2.77 bits per heavy atom. The van der Waals surface area contributed by atoms with Crippen LogP contribution in [0.4, 0.5) is 18.9 Å². The minimum absolute atomic E-state index is 0.0494. The van der Waals surface area contributed by atoms with Crippen molar-refractivity contribution in [2.45, 2.75) is 12.6 Å². The first kappa shape index (κ1) is 17.7. The van der Waals surface area contributed by atoms with Crippen LogP contribution in [-0.4, -0.2) is 26.9 Å². The van der Waals surface area contributed by atoms with E-state index < -0.39 is 17.8 Å². The monoisotopic (exact) mass is 364 g/mol. The predicted molar refractivity (Wildman–Crippen MR) is 89.0 cm³/mol. The van der Waals surface area contributed by atoms with Crippen LogP contribution in [0.5, 0.6) is 5.75 Å². The van der Waals surface area contributed by atoms with Crippen molar-refractivity contribution in [1.82, 2.24) is 9.38 Å². The van der Waals surface area contributed by atoms with Crippen molar-refractivity contribution in [1.29, 1.82) is 0 Å². The van der Waals surface area contributed by atoms with E-state index >= 15 is 0 Å². The molecule has 0 unspecified atom stereocenters. The lowest BCUT2D eigenvalue weighted by molar-refractivity contribution is -0.140. The van der Waals surface area contributed by atoms with E-state index in [1.54, 1.807) is 12.1 Å². The van der Waals surface area contributed by atoms with Gasteiger partial charge in [-0.25, -0.2) is 4.98 Å². The number of pyridine rings is 1. The van der Waals surface area contributed by atoms with Crippen LogP contribution in [0, 0.1) is 0 Å². The molecule has 0 atom stereocenters. The highest BCUT2D eigenvalue weighted by Crippen LogP contribution is 2.30. The molecular formula is C17H15F3N4O2. The third kappa shape index (κ3) is 3.47. The van der Waals surface area contributed by atoms with Gasteiger partial charge in [-0.15, -0.1) is 0 Å². The maximum Gasteiger partial charge on any atom is 0.434 e. The van der Waals surface area contributed by atoms with Gasteiger partial charge < -0.3 is 20.6 Å². The minimum atomic E-state index is -4.62. The average Bonchev–Trinajstić information content (AvgIpc) is 3.02. The van der Waals surface area contributed by atoms with Crippen molar-refractivity contribution in [3.05, 3.63) is 59.5 Å². The van der Waals surface area contributed by atoms with E-state index in [4.69, 9.17) is 5.73 Å². The van der Waals surface area contributed by atoms with Crippen LogP contribution < -0.4 is 11.1 Å². The number of carbonyl (C=O) groups excluding carboxylic acids is 1. The maximum absolute atomic E-state index is 12.9. The van der Waals surface area contributed by atoms with Crippen LogP contribution >= 0.6 is 0 Å². The number of hydrogen-bond donors (Lipinski definition) is 3. The maximum atomic E-state index is 12.9.